The van der Waals surface area contributed by atoms with E-state index in [0.29, 0.717) is 5.04 Å². The maximum atomic E-state index is 6.68. The second kappa shape index (κ2) is 7.77. The summed E-state index contributed by atoms with van der Waals surface area (Å²) in [6.07, 6.45) is 1.33. The fourth-order valence-electron chi connectivity index (χ4n) is 3.13. The summed E-state index contributed by atoms with van der Waals surface area (Å²) in [6, 6.07) is 9.14. The van der Waals surface area contributed by atoms with Gasteiger partial charge in [-0.1, -0.05) is 66.8 Å². The largest absolute Gasteiger partial charge is 0.543 e. The summed E-state index contributed by atoms with van der Waals surface area (Å²) in [7, 11) is -3.46. The quantitative estimate of drug-likeness (QED) is 0.437. The molecule has 1 aromatic rings. The lowest BCUT2D eigenvalue weighted by Gasteiger charge is -2.53. The van der Waals surface area contributed by atoms with E-state index >= 15 is 0 Å². The summed E-state index contributed by atoms with van der Waals surface area (Å²) in [5, 5.41) is 0.565. The van der Waals surface area contributed by atoms with Gasteiger partial charge in [0.05, 0.1) is 11.8 Å². The Hall–Kier alpha value is 0.154. The molecule has 0 saturated carbocycles. The topological polar surface area (TPSA) is 9.23 Å². The molecule has 1 fully saturated rings. The van der Waals surface area contributed by atoms with E-state index in [2.05, 4.69) is 116 Å². The summed E-state index contributed by atoms with van der Waals surface area (Å²) >= 11 is 4.42. The molecule has 1 saturated heterocycles. The highest BCUT2D eigenvalue weighted by Crippen LogP contribution is 2.62. The Kier molecular flexibility index (Phi) is 6.74. The van der Waals surface area contributed by atoms with Gasteiger partial charge in [-0.25, -0.2) is 0 Å². The summed E-state index contributed by atoms with van der Waals surface area (Å²) in [4.78, 5) is 0. The monoisotopic (exact) mass is 440 g/mol. The SMILES string of the molecule is CC(C)(C)[Si](C)(C)Oc1cccc(C2([Si](C)(C)C(C)(C)C)SCCCS2)c1. The molecule has 0 amide bonds. The third kappa shape index (κ3) is 4.51. The molecule has 154 valence electrons. The van der Waals surface area contributed by atoms with Crippen LogP contribution < -0.4 is 4.43 Å². The molecule has 0 aliphatic carbocycles. The first kappa shape index (κ1) is 23.4. The number of hydrogen-bond acceptors (Lipinski definition) is 3. The highest BCUT2D eigenvalue weighted by Gasteiger charge is 2.55. The predicted octanol–water partition coefficient (Wildman–Crippen LogP) is 8.14. The number of hydrogen-bond donors (Lipinski definition) is 0. The van der Waals surface area contributed by atoms with Gasteiger partial charge in [0.2, 0.25) is 8.32 Å². The summed E-state index contributed by atoms with van der Waals surface area (Å²) in [6.45, 7) is 24.2. The smallest absolute Gasteiger partial charge is 0.250 e. The minimum Gasteiger partial charge on any atom is -0.543 e. The zero-order valence-electron chi connectivity index (χ0n) is 19.2. The molecular weight excluding hydrogens is 401 g/mol. The van der Waals surface area contributed by atoms with Crippen LogP contribution in [0.2, 0.25) is 36.3 Å². The van der Waals surface area contributed by atoms with Crippen LogP contribution in [0.15, 0.2) is 24.3 Å². The van der Waals surface area contributed by atoms with Crippen LogP contribution >= 0.6 is 23.5 Å². The second-order valence-electron chi connectivity index (χ2n) is 10.9. The molecule has 0 unspecified atom stereocenters. The molecule has 2 rings (SSSR count). The van der Waals surface area contributed by atoms with Crippen molar-refractivity contribution in [1.29, 1.82) is 0 Å². The van der Waals surface area contributed by atoms with Crippen LogP contribution in [0.3, 0.4) is 0 Å². The lowest BCUT2D eigenvalue weighted by Crippen LogP contribution is -2.55. The molecule has 0 N–H and O–H groups in total. The highest BCUT2D eigenvalue weighted by molar-refractivity contribution is 8.20. The molecule has 0 radical (unpaired) electrons. The van der Waals surface area contributed by atoms with Crippen molar-refractivity contribution in [3.8, 4) is 5.75 Å². The average molecular weight is 441 g/mol. The van der Waals surface area contributed by atoms with Gasteiger partial charge in [-0.3, -0.25) is 0 Å². The van der Waals surface area contributed by atoms with Gasteiger partial charge in [0, 0.05) is 0 Å². The lowest BCUT2D eigenvalue weighted by molar-refractivity contribution is 0.491. The van der Waals surface area contributed by atoms with E-state index in [9.17, 15) is 0 Å². The maximum Gasteiger partial charge on any atom is 0.250 e. The van der Waals surface area contributed by atoms with Crippen molar-refractivity contribution in [2.45, 2.75) is 87.9 Å². The highest BCUT2D eigenvalue weighted by atomic mass is 32.2. The van der Waals surface area contributed by atoms with E-state index in [4.69, 9.17) is 4.43 Å². The van der Waals surface area contributed by atoms with E-state index in [0.717, 1.165) is 5.75 Å². The molecule has 1 heterocycles. The standard InChI is InChI=1S/C22H40OS2Si2/c1-20(2,3)26(7,8)22(24-15-12-16-25-22)18-13-11-14-19(17-18)23-27(9,10)21(4,5)6/h11,13-14,17H,12,15-16H2,1-10H3. The summed E-state index contributed by atoms with van der Waals surface area (Å²) in [5.74, 6) is 3.61. The Balaban J connectivity index is 2.50. The summed E-state index contributed by atoms with van der Waals surface area (Å²) in [5.41, 5.74) is 1.49. The Morgan fingerprint density at radius 3 is 1.93 bits per heavy atom. The third-order valence-corrected chi connectivity index (χ3v) is 23.9. The minimum absolute atomic E-state index is 0.205. The van der Waals surface area contributed by atoms with Crippen molar-refractivity contribution in [2.24, 2.45) is 0 Å². The lowest BCUT2D eigenvalue weighted by atomic mass is 10.2. The molecule has 0 aromatic heterocycles. The normalized spacial score (nSPS) is 19.0. The van der Waals surface area contributed by atoms with Gasteiger partial charge in [-0.15, -0.1) is 23.5 Å². The van der Waals surface area contributed by atoms with Gasteiger partial charge in [0.15, 0.2) is 0 Å². The molecule has 1 aliphatic rings. The molecule has 0 spiro atoms. The van der Waals surface area contributed by atoms with E-state index in [-0.39, 0.29) is 8.74 Å². The number of rotatable bonds is 4. The predicted molar refractivity (Wildman–Crippen MR) is 133 cm³/mol. The molecule has 0 bridgehead atoms. The van der Waals surface area contributed by atoms with Crippen LogP contribution in [0.4, 0.5) is 0 Å². The number of thioether (sulfide) groups is 2. The van der Waals surface area contributed by atoms with Crippen LogP contribution in [0.5, 0.6) is 5.75 Å². The Bertz CT molecular complexity index is 651. The third-order valence-electron chi connectivity index (χ3n) is 6.99. The fourth-order valence-corrected chi connectivity index (χ4v) is 14.1. The first-order valence-electron chi connectivity index (χ1n) is 10.2. The van der Waals surface area contributed by atoms with Crippen LogP contribution in [-0.4, -0.2) is 27.9 Å². The van der Waals surface area contributed by atoms with E-state index in [1.54, 1.807) is 0 Å². The van der Waals surface area contributed by atoms with Crippen molar-refractivity contribution in [3.63, 3.8) is 0 Å². The van der Waals surface area contributed by atoms with Crippen molar-refractivity contribution < 1.29 is 4.43 Å². The minimum atomic E-state index is -1.83. The van der Waals surface area contributed by atoms with Crippen LogP contribution in [-0.2, 0) is 3.70 Å². The van der Waals surface area contributed by atoms with Crippen LogP contribution in [0, 0.1) is 0 Å². The van der Waals surface area contributed by atoms with Crippen LogP contribution in [0.1, 0.15) is 53.5 Å². The van der Waals surface area contributed by atoms with Gasteiger partial charge in [0.1, 0.15) is 5.75 Å². The molecule has 5 heteroatoms. The van der Waals surface area contributed by atoms with Crippen molar-refractivity contribution in [3.05, 3.63) is 29.8 Å². The Morgan fingerprint density at radius 2 is 1.44 bits per heavy atom. The van der Waals surface area contributed by atoms with Gasteiger partial charge in [0.25, 0.3) is 0 Å². The maximum absolute atomic E-state index is 6.68. The molecule has 1 aromatic carbocycles. The summed E-state index contributed by atoms with van der Waals surface area (Å²) < 4.78 is 6.88. The van der Waals surface area contributed by atoms with Gasteiger partial charge in [-0.2, -0.15) is 0 Å². The second-order valence-corrected chi connectivity index (χ2v) is 24.8. The van der Waals surface area contributed by atoms with Gasteiger partial charge >= 0.3 is 0 Å². The van der Waals surface area contributed by atoms with Gasteiger partial charge in [-0.05, 0) is 58.8 Å². The molecule has 27 heavy (non-hydrogen) atoms. The van der Waals surface area contributed by atoms with E-state index in [1.807, 2.05) is 0 Å². The number of benzene rings is 1. The first-order valence-corrected chi connectivity index (χ1v) is 18.1. The first-order chi connectivity index (χ1) is 12.1. The van der Waals surface area contributed by atoms with E-state index in [1.165, 1.54) is 23.5 Å². The zero-order valence-corrected chi connectivity index (χ0v) is 22.8. The van der Waals surface area contributed by atoms with Crippen LogP contribution in [0.25, 0.3) is 0 Å². The van der Waals surface area contributed by atoms with E-state index < -0.39 is 16.4 Å². The Morgan fingerprint density at radius 1 is 0.889 bits per heavy atom. The van der Waals surface area contributed by atoms with Crippen molar-refractivity contribution in [2.75, 3.05) is 11.5 Å². The molecule has 1 aliphatic heterocycles. The molecule has 1 nitrogen and oxygen atoms in total. The Labute approximate surface area is 179 Å². The fraction of sp³-hybridized carbons (Fsp3) is 0.727. The van der Waals surface area contributed by atoms with Crippen molar-refractivity contribution in [1.82, 2.24) is 0 Å². The van der Waals surface area contributed by atoms with Gasteiger partial charge < -0.3 is 4.43 Å². The van der Waals surface area contributed by atoms with Crippen molar-refractivity contribution >= 4 is 39.9 Å². The average Bonchev–Trinajstić information content (AvgIpc) is 2.53. The zero-order chi connectivity index (χ0) is 20.7. The molecular formula is C22H40OS2Si2. The molecule has 0 atom stereocenters.